The third kappa shape index (κ3) is 3.69. The maximum absolute atomic E-state index is 12.9. The van der Waals surface area contributed by atoms with Gasteiger partial charge in [0.05, 0.1) is 7.11 Å². The molecule has 1 heterocycles. The number of nitrogens with zero attached hydrogens (tertiary/aromatic N) is 2. The van der Waals surface area contributed by atoms with Crippen molar-refractivity contribution in [2.75, 3.05) is 39.8 Å². The number of ether oxygens (including phenoxy) is 1. The monoisotopic (exact) mass is 324 g/mol. The lowest BCUT2D eigenvalue weighted by molar-refractivity contribution is 0.316. The third-order valence-corrected chi connectivity index (χ3v) is 5.79. The first-order chi connectivity index (χ1) is 10.5. The number of aryl methyl sites for hydroxylation is 1. The highest BCUT2D eigenvalue weighted by Crippen LogP contribution is 2.28. The second-order valence-electron chi connectivity index (χ2n) is 5.50. The largest absolute Gasteiger partial charge is 0.495 e. The summed E-state index contributed by atoms with van der Waals surface area (Å²) in [6, 6.07) is 5.25. The van der Waals surface area contributed by atoms with Crippen LogP contribution in [0.2, 0.25) is 0 Å². The van der Waals surface area contributed by atoms with Gasteiger partial charge in [0, 0.05) is 26.2 Å². The average molecular weight is 324 g/mol. The summed E-state index contributed by atoms with van der Waals surface area (Å²) >= 11 is 0. The Hall–Kier alpha value is -1.37. The van der Waals surface area contributed by atoms with Crippen LogP contribution in [0.15, 0.2) is 35.7 Å². The van der Waals surface area contributed by atoms with Crippen LogP contribution in [-0.2, 0) is 10.0 Å². The minimum Gasteiger partial charge on any atom is -0.495 e. The Morgan fingerprint density at radius 3 is 2.73 bits per heavy atom. The van der Waals surface area contributed by atoms with Crippen molar-refractivity contribution >= 4 is 10.0 Å². The molecule has 0 aliphatic carbocycles. The van der Waals surface area contributed by atoms with E-state index in [0.717, 1.165) is 31.6 Å². The first-order valence-electron chi connectivity index (χ1n) is 7.47. The molecule has 1 aliphatic rings. The van der Waals surface area contributed by atoms with Gasteiger partial charge in [0.1, 0.15) is 10.6 Å². The summed E-state index contributed by atoms with van der Waals surface area (Å²) in [7, 11) is -2.04. The molecule has 1 aromatic carbocycles. The molecular formula is C16H24N2O3S. The van der Waals surface area contributed by atoms with Crippen LogP contribution in [0.4, 0.5) is 0 Å². The minimum absolute atomic E-state index is 0.257. The molecule has 1 saturated heterocycles. The van der Waals surface area contributed by atoms with E-state index in [1.54, 1.807) is 16.4 Å². The summed E-state index contributed by atoms with van der Waals surface area (Å²) in [6.07, 6.45) is 2.68. The highest BCUT2D eigenvalue weighted by Gasteiger charge is 2.29. The zero-order valence-corrected chi connectivity index (χ0v) is 14.1. The van der Waals surface area contributed by atoms with Crippen molar-refractivity contribution in [1.82, 2.24) is 9.21 Å². The van der Waals surface area contributed by atoms with Crippen molar-refractivity contribution in [2.24, 2.45) is 0 Å². The van der Waals surface area contributed by atoms with Gasteiger partial charge in [-0.15, -0.1) is 6.58 Å². The zero-order chi connectivity index (χ0) is 16.2. The van der Waals surface area contributed by atoms with Crippen molar-refractivity contribution in [3.05, 3.63) is 36.4 Å². The molecule has 0 atom stereocenters. The zero-order valence-electron chi connectivity index (χ0n) is 13.3. The fourth-order valence-electron chi connectivity index (χ4n) is 2.68. The Balaban J connectivity index is 2.27. The summed E-state index contributed by atoms with van der Waals surface area (Å²) in [4.78, 5) is 2.47. The van der Waals surface area contributed by atoms with Crippen molar-refractivity contribution in [3.8, 4) is 5.75 Å². The molecule has 1 aliphatic heterocycles. The number of benzene rings is 1. The number of rotatable bonds is 5. The predicted molar refractivity (Wildman–Crippen MR) is 87.7 cm³/mol. The SMILES string of the molecule is C=CCN1CCCN(S(=O)(=O)c2cc(C)ccc2OC)CC1. The third-order valence-electron chi connectivity index (χ3n) is 3.87. The molecular weight excluding hydrogens is 300 g/mol. The van der Waals surface area contributed by atoms with Crippen LogP contribution < -0.4 is 4.74 Å². The van der Waals surface area contributed by atoms with Gasteiger partial charge < -0.3 is 4.74 Å². The molecule has 6 heteroatoms. The van der Waals surface area contributed by atoms with Crippen molar-refractivity contribution in [2.45, 2.75) is 18.2 Å². The van der Waals surface area contributed by atoms with Crippen LogP contribution in [0.1, 0.15) is 12.0 Å². The molecule has 0 aromatic heterocycles. The lowest BCUT2D eigenvalue weighted by Crippen LogP contribution is -2.35. The Kier molecular flexibility index (Phi) is 5.61. The fourth-order valence-corrected chi connectivity index (χ4v) is 4.39. The molecule has 22 heavy (non-hydrogen) atoms. The molecule has 0 amide bonds. The summed E-state index contributed by atoms with van der Waals surface area (Å²) in [5.41, 5.74) is 0.905. The van der Waals surface area contributed by atoms with Crippen LogP contribution in [-0.4, -0.2) is 57.5 Å². The van der Waals surface area contributed by atoms with Gasteiger partial charge in [-0.3, -0.25) is 4.90 Å². The van der Waals surface area contributed by atoms with Gasteiger partial charge in [-0.1, -0.05) is 12.1 Å². The number of hydrogen-bond donors (Lipinski definition) is 0. The summed E-state index contributed by atoms with van der Waals surface area (Å²) in [5.74, 6) is 0.401. The fraction of sp³-hybridized carbons (Fsp3) is 0.500. The first-order valence-corrected chi connectivity index (χ1v) is 8.91. The summed E-state index contributed by atoms with van der Waals surface area (Å²) in [5, 5.41) is 0. The van der Waals surface area contributed by atoms with E-state index in [2.05, 4.69) is 11.5 Å². The second kappa shape index (κ2) is 7.26. The quantitative estimate of drug-likeness (QED) is 0.776. The lowest BCUT2D eigenvalue weighted by Gasteiger charge is -2.22. The standard InChI is InChI=1S/C16H24N2O3S/c1-4-8-17-9-5-10-18(12-11-17)22(19,20)16-13-14(2)6-7-15(16)21-3/h4,6-7,13H,1,5,8-12H2,2-3H3. The number of methoxy groups -OCH3 is 1. The Labute approximate surface area is 133 Å². The van der Waals surface area contributed by atoms with E-state index in [9.17, 15) is 8.42 Å². The molecule has 0 unspecified atom stereocenters. The van der Waals surface area contributed by atoms with E-state index in [-0.39, 0.29) is 4.90 Å². The smallest absolute Gasteiger partial charge is 0.246 e. The first kappa shape index (κ1) is 17.0. The van der Waals surface area contributed by atoms with Gasteiger partial charge in [-0.05, 0) is 37.6 Å². The Morgan fingerprint density at radius 2 is 2.05 bits per heavy atom. The maximum atomic E-state index is 12.9. The topological polar surface area (TPSA) is 49.9 Å². The molecule has 1 fully saturated rings. The maximum Gasteiger partial charge on any atom is 0.246 e. The molecule has 0 bridgehead atoms. The number of sulfonamides is 1. The molecule has 0 radical (unpaired) electrons. The van der Waals surface area contributed by atoms with Gasteiger partial charge >= 0.3 is 0 Å². The van der Waals surface area contributed by atoms with Gasteiger partial charge in [0.15, 0.2) is 0 Å². The molecule has 5 nitrogen and oxygen atoms in total. The second-order valence-corrected chi connectivity index (χ2v) is 7.41. The molecule has 2 rings (SSSR count). The molecule has 0 spiro atoms. The lowest BCUT2D eigenvalue weighted by atomic mass is 10.2. The van der Waals surface area contributed by atoms with Crippen LogP contribution >= 0.6 is 0 Å². The van der Waals surface area contributed by atoms with E-state index in [0.29, 0.717) is 18.8 Å². The molecule has 0 saturated carbocycles. The van der Waals surface area contributed by atoms with Gasteiger partial charge in [-0.25, -0.2) is 8.42 Å². The van der Waals surface area contributed by atoms with Crippen LogP contribution in [0.5, 0.6) is 5.75 Å². The van der Waals surface area contributed by atoms with Crippen molar-refractivity contribution in [1.29, 1.82) is 0 Å². The molecule has 0 N–H and O–H groups in total. The summed E-state index contributed by atoms with van der Waals surface area (Å²) < 4.78 is 32.7. The van der Waals surface area contributed by atoms with Crippen LogP contribution in [0.25, 0.3) is 0 Å². The molecule has 1 aromatic rings. The van der Waals surface area contributed by atoms with Crippen molar-refractivity contribution in [3.63, 3.8) is 0 Å². The van der Waals surface area contributed by atoms with E-state index in [4.69, 9.17) is 4.74 Å². The van der Waals surface area contributed by atoms with Crippen molar-refractivity contribution < 1.29 is 13.2 Å². The van der Waals surface area contributed by atoms with Crippen LogP contribution in [0, 0.1) is 6.92 Å². The Morgan fingerprint density at radius 1 is 1.27 bits per heavy atom. The number of hydrogen-bond acceptors (Lipinski definition) is 4. The normalized spacial score (nSPS) is 17.9. The highest BCUT2D eigenvalue weighted by atomic mass is 32.2. The predicted octanol–water partition coefficient (Wildman–Crippen LogP) is 1.89. The van der Waals surface area contributed by atoms with E-state index >= 15 is 0 Å². The van der Waals surface area contributed by atoms with Crippen LogP contribution in [0.3, 0.4) is 0 Å². The van der Waals surface area contributed by atoms with Gasteiger partial charge in [0.25, 0.3) is 0 Å². The van der Waals surface area contributed by atoms with Gasteiger partial charge in [-0.2, -0.15) is 4.31 Å². The molecule has 122 valence electrons. The van der Waals surface area contributed by atoms with Gasteiger partial charge in [0.2, 0.25) is 10.0 Å². The van der Waals surface area contributed by atoms with E-state index in [1.165, 1.54) is 7.11 Å². The minimum atomic E-state index is -3.53. The summed E-state index contributed by atoms with van der Waals surface area (Å²) in [6.45, 7) is 9.06. The average Bonchev–Trinajstić information content (AvgIpc) is 2.74. The Bertz CT molecular complexity index is 628. The van der Waals surface area contributed by atoms with E-state index in [1.807, 2.05) is 19.1 Å². The highest BCUT2D eigenvalue weighted by molar-refractivity contribution is 7.89. The van der Waals surface area contributed by atoms with E-state index < -0.39 is 10.0 Å².